The lowest BCUT2D eigenvalue weighted by Crippen LogP contribution is -2.55. The molecule has 0 aliphatic carbocycles. The van der Waals surface area contributed by atoms with E-state index in [1.807, 2.05) is 0 Å². The molecule has 0 radical (unpaired) electrons. The first-order valence-electron chi connectivity index (χ1n) is 24.0. The van der Waals surface area contributed by atoms with Gasteiger partial charge in [0.25, 0.3) is 0 Å². The molecule has 0 saturated carbocycles. The molecule has 8 nitrogen and oxygen atoms in total. The number of carboxylic acid groups (broad SMARTS) is 1. The van der Waals surface area contributed by atoms with Gasteiger partial charge < -0.3 is 28.6 Å². The van der Waals surface area contributed by atoms with E-state index >= 15 is 0 Å². The average molecular weight is 818 g/mol. The second kappa shape index (κ2) is 41.3. The topological polar surface area (TPSA) is 102 Å². The van der Waals surface area contributed by atoms with Crippen molar-refractivity contribution in [1.82, 2.24) is 0 Å². The van der Waals surface area contributed by atoms with Crippen molar-refractivity contribution in [3.8, 4) is 0 Å². The van der Waals surface area contributed by atoms with Crippen LogP contribution >= 0.6 is 0 Å². The van der Waals surface area contributed by atoms with Crippen molar-refractivity contribution in [1.29, 1.82) is 0 Å². The van der Waals surface area contributed by atoms with E-state index in [9.17, 15) is 19.5 Å². The normalized spacial score (nSPS) is 13.2. The van der Waals surface area contributed by atoms with Crippen LogP contribution in [0.3, 0.4) is 0 Å². The molecule has 2 unspecified atom stereocenters. The van der Waals surface area contributed by atoms with E-state index in [-0.39, 0.29) is 42.7 Å². The van der Waals surface area contributed by atoms with Gasteiger partial charge in [0.15, 0.2) is 6.10 Å². The Hall–Kier alpha value is -2.45. The zero-order chi connectivity index (χ0) is 42.8. The van der Waals surface area contributed by atoms with Crippen LogP contribution in [0.1, 0.15) is 213 Å². The van der Waals surface area contributed by atoms with Crippen LogP contribution in [-0.2, 0) is 28.6 Å². The summed E-state index contributed by atoms with van der Waals surface area (Å²) in [5.74, 6) is -1.73. The summed E-state index contributed by atoms with van der Waals surface area (Å²) in [5.41, 5.74) is 0. The summed E-state index contributed by atoms with van der Waals surface area (Å²) in [6, 6.07) is -0.724. The summed E-state index contributed by atoms with van der Waals surface area (Å²) in [6.07, 6.45) is 47.3. The highest BCUT2D eigenvalue weighted by Gasteiger charge is 2.25. The molecule has 0 amide bonds. The SMILES string of the molecule is CC/C=C/C/C=C/C/C=C/CCCCCCCCCCCC(=O)OCC(COCCC(C(=O)[O-])[N+](C)(C)C)OC(=O)CCCCCCCCCCCCCCCCC. The third-order valence-electron chi connectivity index (χ3n) is 10.8. The van der Waals surface area contributed by atoms with Gasteiger partial charge in [-0.05, 0) is 44.9 Å². The van der Waals surface area contributed by atoms with Crippen LogP contribution in [0.4, 0.5) is 0 Å². The molecule has 0 saturated heterocycles. The summed E-state index contributed by atoms with van der Waals surface area (Å²) >= 11 is 0. The number of esters is 2. The number of carbonyl (C=O) groups is 3. The van der Waals surface area contributed by atoms with Gasteiger partial charge in [-0.2, -0.15) is 0 Å². The Labute approximate surface area is 357 Å². The summed E-state index contributed by atoms with van der Waals surface area (Å²) in [6.45, 7) is 4.57. The summed E-state index contributed by atoms with van der Waals surface area (Å²) in [4.78, 5) is 36.9. The Morgan fingerprint density at radius 2 is 0.966 bits per heavy atom. The Morgan fingerprint density at radius 3 is 1.43 bits per heavy atom. The monoisotopic (exact) mass is 818 g/mol. The Kier molecular flexibility index (Phi) is 39.5. The Bertz CT molecular complexity index is 1050. The van der Waals surface area contributed by atoms with Crippen LogP contribution in [-0.4, -0.2) is 75.5 Å². The number of quaternary nitrogens is 1. The third-order valence-corrected chi connectivity index (χ3v) is 10.8. The quantitative estimate of drug-likeness (QED) is 0.0261. The summed E-state index contributed by atoms with van der Waals surface area (Å²) in [5, 5.41) is 11.6. The van der Waals surface area contributed by atoms with Gasteiger partial charge in [0.2, 0.25) is 0 Å². The molecule has 0 spiro atoms. The standard InChI is InChI=1S/C50H91NO7/c1-6-8-10-12-14-16-18-20-22-23-24-25-27-28-30-32-34-36-38-40-48(52)57-45-46(44-56-43-42-47(50(54)55)51(3,4)5)58-49(53)41-39-37-35-33-31-29-26-21-19-17-15-13-11-9-7-2/h8,10,14,16,20,22,46-47H,6-7,9,11-13,15,17-19,21,23-45H2,1-5H3/b10-8+,16-14+,22-20+. The molecule has 0 fully saturated rings. The lowest BCUT2D eigenvalue weighted by molar-refractivity contribution is -0.889. The number of carboxylic acids is 1. The van der Waals surface area contributed by atoms with Gasteiger partial charge >= 0.3 is 11.9 Å². The van der Waals surface area contributed by atoms with Crippen molar-refractivity contribution in [2.45, 2.75) is 225 Å². The number of rotatable bonds is 43. The first-order valence-corrected chi connectivity index (χ1v) is 24.0. The Morgan fingerprint density at radius 1 is 0.534 bits per heavy atom. The second-order valence-electron chi connectivity index (χ2n) is 17.3. The lowest BCUT2D eigenvalue weighted by Gasteiger charge is -2.34. The maximum absolute atomic E-state index is 12.7. The van der Waals surface area contributed by atoms with Crippen LogP contribution in [0.2, 0.25) is 0 Å². The third kappa shape index (κ3) is 39.0. The predicted molar refractivity (Wildman–Crippen MR) is 240 cm³/mol. The van der Waals surface area contributed by atoms with Gasteiger partial charge in [0.05, 0.1) is 40.3 Å². The molecule has 0 rings (SSSR count). The zero-order valence-electron chi connectivity index (χ0n) is 38.5. The van der Waals surface area contributed by atoms with Gasteiger partial charge in [-0.3, -0.25) is 9.59 Å². The minimum absolute atomic E-state index is 0.0422. The molecule has 2 atom stereocenters. The van der Waals surface area contributed by atoms with Crippen LogP contribution in [0.5, 0.6) is 0 Å². The maximum atomic E-state index is 12.7. The average Bonchev–Trinajstić information content (AvgIpc) is 3.18. The highest BCUT2D eigenvalue weighted by molar-refractivity contribution is 5.70. The first kappa shape index (κ1) is 55.5. The minimum atomic E-state index is -1.12. The fourth-order valence-electron chi connectivity index (χ4n) is 7.09. The predicted octanol–water partition coefficient (Wildman–Crippen LogP) is 12.1. The van der Waals surface area contributed by atoms with Crippen molar-refractivity contribution in [2.24, 2.45) is 0 Å². The molecule has 0 aromatic heterocycles. The van der Waals surface area contributed by atoms with E-state index < -0.39 is 18.1 Å². The van der Waals surface area contributed by atoms with E-state index in [1.54, 1.807) is 21.1 Å². The number of carbonyl (C=O) groups excluding carboxylic acids is 3. The maximum Gasteiger partial charge on any atom is 0.306 e. The molecule has 0 bridgehead atoms. The van der Waals surface area contributed by atoms with E-state index in [1.165, 1.54) is 116 Å². The van der Waals surface area contributed by atoms with Gasteiger partial charge in [-0.25, -0.2) is 0 Å². The zero-order valence-corrected chi connectivity index (χ0v) is 38.5. The van der Waals surface area contributed by atoms with Gasteiger partial charge in [0, 0.05) is 19.3 Å². The summed E-state index contributed by atoms with van der Waals surface area (Å²) < 4.78 is 17.2. The molecule has 0 N–H and O–H groups in total. The Balaban J connectivity index is 4.26. The number of nitrogens with zero attached hydrogens (tertiary/aromatic N) is 1. The molecule has 0 heterocycles. The van der Waals surface area contributed by atoms with E-state index in [2.05, 4.69) is 50.3 Å². The largest absolute Gasteiger partial charge is 0.544 e. The van der Waals surface area contributed by atoms with Crippen LogP contribution in [0.15, 0.2) is 36.5 Å². The molecular formula is C50H91NO7. The highest BCUT2D eigenvalue weighted by Crippen LogP contribution is 2.16. The first-order chi connectivity index (χ1) is 28.1. The number of aliphatic carboxylic acids is 1. The second-order valence-corrected chi connectivity index (χ2v) is 17.3. The van der Waals surface area contributed by atoms with Gasteiger partial charge in [-0.1, -0.05) is 185 Å². The fourth-order valence-corrected chi connectivity index (χ4v) is 7.09. The smallest absolute Gasteiger partial charge is 0.306 e. The number of hydrogen-bond acceptors (Lipinski definition) is 7. The van der Waals surface area contributed by atoms with E-state index in [0.717, 1.165) is 64.2 Å². The molecule has 0 aliphatic heterocycles. The molecule has 58 heavy (non-hydrogen) atoms. The number of hydrogen-bond donors (Lipinski definition) is 0. The number of allylic oxidation sites excluding steroid dienone is 6. The van der Waals surface area contributed by atoms with Crippen molar-refractivity contribution in [3.05, 3.63) is 36.5 Å². The highest BCUT2D eigenvalue weighted by atomic mass is 16.6. The number of likely N-dealkylation sites (N-methyl/N-ethyl adjacent to an activating group) is 1. The molecule has 0 aliphatic rings. The van der Waals surface area contributed by atoms with Crippen molar-refractivity contribution in [2.75, 3.05) is 41.0 Å². The van der Waals surface area contributed by atoms with Gasteiger partial charge in [-0.15, -0.1) is 0 Å². The van der Waals surface area contributed by atoms with Crippen LogP contribution in [0, 0.1) is 0 Å². The molecular weight excluding hydrogens is 727 g/mol. The molecule has 0 aromatic carbocycles. The van der Waals surface area contributed by atoms with E-state index in [4.69, 9.17) is 14.2 Å². The van der Waals surface area contributed by atoms with Crippen LogP contribution < -0.4 is 5.11 Å². The number of unbranched alkanes of at least 4 members (excludes halogenated alkanes) is 23. The lowest BCUT2D eigenvalue weighted by atomic mass is 10.0. The minimum Gasteiger partial charge on any atom is -0.544 e. The summed E-state index contributed by atoms with van der Waals surface area (Å²) in [7, 11) is 5.41. The number of ether oxygens (including phenoxy) is 3. The van der Waals surface area contributed by atoms with E-state index in [0.29, 0.717) is 12.8 Å². The van der Waals surface area contributed by atoms with Gasteiger partial charge in [0.1, 0.15) is 12.6 Å². The van der Waals surface area contributed by atoms with Crippen molar-refractivity contribution < 1.29 is 38.2 Å². The van der Waals surface area contributed by atoms with Crippen molar-refractivity contribution in [3.63, 3.8) is 0 Å². The molecule has 8 heteroatoms. The molecule has 338 valence electrons. The van der Waals surface area contributed by atoms with Crippen LogP contribution in [0.25, 0.3) is 0 Å². The molecule has 0 aromatic rings. The fraction of sp³-hybridized carbons (Fsp3) is 0.820. The van der Waals surface area contributed by atoms with Crippen molar-refractivity contribution >= 4 is 17.9 Å².